The Morgan fingerprint density at radius 1 is 1.35 bits per heavy atom. The highest BCUT2D eigenvalue weighted by Gasteiger charge is 2.30. The van der Waals surface area contributed by atoms with E-state index in [4.69, 9.17) is 5.73 Å². The molecular formula is C12H22N4O. The Labute approximate surface area is 103 Å². The lowest BCUT2D eigenvalue weighted by Crippen LogP contribution is -2.44. The van der Waals surface area contributed by atoms with Gasteiger partial charge in [0, 0.05) is 38.8 Å². The highest BCUT2D eigenvalue weighted by molar-refractivity contribution is 5.84. The van der Waals surface area contributed by atoms with E-state index in [0.29, 0.717) is 12.2 Å². The van der Waals surface area contributed by atoms with Crippen LogP contribution in [0.1, 0.15) is 20.3 Å². The zero-order chi connectivity index (χ0) is 12.4. The maximum absolute atomic E-state index is 11.9. The van der Waals surface area contributed by atoms with E-state index in [1.807, 2.05) is 13.8 Å². The molecule has 5 nitrogen and oxygen atoms in total. The van der Waals surface area contributed by atoms with Gasteiger partial charge in [-0.1, -0.05) is 0 Å². The molecule has 1 fully saturated rings. The molecule has 1 amide bonds. The van der Waals surface area contributed by atoms with Crippen molar-refractivity contribution in [1.29, 1.82) is 0 Å². The Bertz CT molecular complexity index is 331. The summed E-state index contributed by atoms with van der Waals surface area (Å²) in [5, 5.41) is 3.32. The van der Waals surface area contributed by atoms with Crippen LogP contribution in [-0.2, 0) is 4.79 Å². The zero-order valence-corrected chi connectivity index (χ0v) is 10.7. The summed E-state index contributed by atoms with van der Waals surface area (Å²) in [5.41, 5.74) is 7.16. The fourth-order valence-electron chi connectivity index (χ4n) is 2.51. The number of nitrogens with two attached hydrogens (primary N) is 1. The van der Waals surface area contributed by atoms with Crippen molar-refractivity contribution in [3.05, 3.63) is 11.4 Å². The van der Waals surface area contributed by atoms with Crippen molar-refractivity contribution in [2.24, 2.45) is 5.73 Å². The van der Waals surface area contributed by atoms with E-state index in [1.54, 1.807) is 4.90 Å². The van der Waals surface area contributed by atoms with Crippen LogP contribution >= 0.6 is 0 Å². The van der Waals surface area contributed by atoms with Gasteiger partial charge >= 0.3 is 0 Å². The number of amides is 1. The number of carbonyl (C=O) groups is 1. The fraction of sp³-hybridized carbons (Fsp3) is 0.750. The third-order valence-electron chi connectivity index (χ3n) is 3.40. The molecule has 0 unspecified atom stereocenters. The van der Waals surface area contributed by atoms with Crippen LogP contribution in [0.2, 0.25) is 0 Å². The Morgan fingerprint density at radius 2 is 2.00 bits per heavy atom. The Morgan fingerprint density at radius 3 is 2.53 bits per heavy atom. The number of piperazine rings is 1. The average molecular weight is 238 g/mol. The predicted octanol–water partition coefficient (Wildman–Crippen LogP) is -0.297. The second-order valence-corrected chi connectivity index (χ2v) is 5.05. The van der Waals surface area contributed by atoms with Gasteiger partial charge in [0.2, 0.25) is 5.91 Å². The van der Waals surface area contributed by atoms with Crippen LogP contribution in [0.25, 0.3) is 0 Å². The highest BCUT2D eigenvalue weighted by Crippen LogP contribution is 2.23. The first kappa shape index (κ1) is 12.4. The van der Waals surface area contributed by atoms with Crippen molar-refractivity contribution in [3.63, 3.8) is 0 Å². The molecule has 0 bridgehead atoms. The van der Waals surface area contributed by atoms with Crippen LogP contribution < -0.4 is 11.1 Å². The number of hydrogen-bond acceptors (Lipinski definition) is 4. The van der Waals surface area contributed by atoms with Crippen molar-refractivity contribution in [2.75, 3.05) is 32.7 Å². The molecule has 2 rings (SSSR count). The molecule has 1 saturated heterocycles. The van der Waals surface area contributed by atoms with Crippen LogP contribution in [0.4, 0.5) is 0 Å². The molecule has 0 saturated carbocycles. The van der Waals surface area contributed by atoms with Crippen molar-refractivity contribution in [1.82, 2.24) is 15.1 Å². The zero-order valence-electron chi connectivity index (χ0n) is 10.7. The molecule has 2 aliphatic rings. The molecule has 2 heterocycles. The molecule has 0 radical (unpaired) electrons. The van der Waals surface area contributed by atoms with Gasteiger partial charge in [0.15, 0.2) is 0 Å². The lowest BCUT2D eigenvalue weighted by molar-refractivity contribution is -0.128. The molecular weight excluding hydrogens is 216 g/mol. The molecule has 0 aromatic rings. The Balaban J connectivity index is 2.02. The topological polar surface area (TPSA) is 61.6 Å². The average Bonchev–Trinajstić information content (AvgIpc) is 2.55. The lowest BCUT2D eigenvalue weighted by Gasteiger charge is -2.27. The first-order valence-corrected chi connectivity index (χ1v) is 6.32. The number of carbonyl (C=O) groups excluding carboxylic acids is 1. The smallest absolute Gasteiger partial charge is 0.232 e. The van der Waals surface area contributed by atoms with Gasteiger partial charge in [-0.2, -0.15) is 0 Å². The monoisotopic (exact) mass is 238 g/mol. The summed E-state index contributed by atoms with van der Waals surface area (Å²) in [5.74, 6) is 0.825. The van der Waals surface area contributed by atoms with Gasteiger partial charge in [0.1, 0.15) is 5.82 Å². The van der Waals surface area contributed by atoms with Gasteiger partial charge in [0.25, 0.3) is 0 Å². The van der Waals surface area contributed by atoms with Gasteiger partial charge in [-0.25, -0.2) is 0 Å². The fourth-order valence-corrected chi connectivity index (χ4v) is 2.51. The molecule has 0 atom stereocenters. The minimum atomic E-state index is 0.141. The van der Waals surface area contributed by atoms with E-state index < -0.39 is 0 Å². The van der Waals surface area contributed by atoms with Gasteiger partial charge < -0.3 is 11.1 Å². The number of hydrogen-bond donors (Lipinski definition) is 2. The SMILES string of the molecule is CC(C)N1C(=O)CC(CN2CCNCC2)=C1N. The Kier molecular flexibility index (Phi) is 3.69. The summed E-state index contributed by atoms with van der Waals surface area (Å²) < 4.78 is 0. The number of rotatable bonds is 3. The quantitative estimate of drug-likeness (QED) is 0.709. The van der Waals surface area contributed by atoms with Crippen molar-refractivity contribution < 1.29 is 4.79 Å². The largest absolute Gasteiger partial charge is 0.385 e. The van der Waals surface area contributed by atoms with Crippen molar-refractivity contribution >= 4 is 5.91 Å². The lowest BCUT2D eigenvalue weighted by atomic mass is 10.2. The molecule has 0 aromatic heterocycles. The van der Waals surface area contributed by atoms with E-state index in [2.05, 4.69) is 10.2 Å². The highest BCUT2D eigenvalue weighted by atomic mass is 16.2. The molecule has 96 valence electrons. The van der Waals surface area contributed by atoms with E-state index in [9.17, 15) is 4.79 Å². The van der Waals surface area contributed by atoms with Crippen LogP contribution in [0.3, 0.4) is 0 Å². The minimum absolute atomic E-state index is 0.141. The third-order valence-corrected chi connectivity index (χ3v) is 3.40. The van der Waals surface area contributed by atoms with Gasteiger partial charge in [-0.15, -0.1) is 0 Å². The normalized spacial score (nSPS) is 23.0. The molecule has 3 N–H and O–H groups in total. The first-order chi connectivity index (χ1) is 8.09. The summed E-state index contributed by atoms with van der Waals surface area (Å²) in [6, 6.07) is 0.156. The maximum Gasteiger partial charge on any atom is 0.232 e. The van der Waals surface area contributed by atoms with Crippen LogP contribution in [0, 0.1) is 0 Å². The molecule has 0 aromatic carbocycles. The summed E-state index contributed by atoms with van der Waals surface area (Å²) in [6.07, 6.45) is 0.494. The third kappa shape index (κ3) is 2.61. The second-order valence-electron chi connectivity index (χ2n) is 5.05. The van der Waals surface area contributed by atoms with E-state index in [-0.39, 0.29) is 11.9 Å². The van der Waals surface area contributed by atoms with Gasteiger partial charge in [-0.05, 0) is 19.4 Å². The second kappa shape index (κ2) is 5.06. The summed E-state index contributed by atoms with van der Waals surface area (Å²) in [6.45, 7) is 8.95. The maximum atomic E-state index is 11.9. The predicted molar refractivity (Wildman–Crippen MR) is 67.1 cm³/mol. The standard InChI is InChI=1S/C12H22N4O/c1-9(2)16-11(17)7-10(12(16)13)8-15-5-3-14-4-6-15/h9,14H,3-8,13H2,1-2H3. The van der Waals surface area contributed by atoms with Gasteiger partial charge in [0.05, 0.1) is 6.42 Å². The van der Waals surface area contributed by atoms with Crippen LogP contribution in [-0.4, -0.2) is 54.5 Å². The Hall–Kier alpha value is -1.07. The molecule has 0 aliphatic carbocycles. The molecule has 5 heteroatoms. The molecule has 2 aliphatic heterocycles. The number of nitrogens with zero attached hydrogens (tertiary/aromatic N) is 2. The van der Waals surface area contributed by atoms with Gasteiger partial charge in [-0.3, -0.25) is 14.6 Å². The number of nitrogens with one attached hydrogen (secondary N) is 1. The summed E-state index contributed by atoms with van der Waals surface area (Å²) in [4.78, 5) is 15.9. The molecule has 17 heavy (non-hydrogen) atoms. The van der Waals surface area contributed by atoms with Crippen LogP contribution in [0.15, 0.2) is 11.4 Å². The first-order valence-electron chi connectivity index (χ1n) is 6.32. The minimum Gasteiger partial charge on any atom is -0.385 e. The van der Waals surface area contributed by atoms with E-state index in [0.717, 1.165) is 38.3 Å². The van der Waals surface area contributed by atoms with Crippen LogP contribution in [0.5, 0.6) is 0 Å². The van der Waals surface area contributed by atoms with Crippen molar-refractivity contribution in [2.45, 2.75) is 26.3 Å². The summed E-state index contributed by atoms with van der Waals surface area (Å²) in [7, 11) is 0. The summed E-state index contributed by atoms with van der Waals surface area (Å²) >= 11 is 0. The molecule has 0 spiro atoms. The van der Waals surface area contributed by atoms with Crippen molar-refractivity contribution in [3.8, 4) is 0 Å². The van der Waals surface area contributed by atoms with E-state index >= 15 is 0 Å². The van der Waals surface area contributed by atoms with E-state index in [1.165, 1.54) is 0 Å².